The van der Waals surface area contributed by atoms with Crippen LogP contribution < -0.4 is 0 Å². The minimum Gasteiger partial charge on any atom is -0.469 e. The smallest absolute Gasteiger partial charge is 0.305 e. The van der Waals surface area contributed by atoms with Crippen LogP contribution in [0.1, 0.15) is 47.2 Å². The Labute approximate surface area is 210 Å². The number of hydrogen-bond acceptors (Lipinski definition) is 8. The van der Waals surface area contributed by atoms with E-state index in [-0.39, 0.29) is 50.6 Å². The normalized spacial score (nSPS) is 9.51. The molecule has 35 heavy (non-hydrogen) atoms. The molecule has 2 aromatic rings. The molecule has 0 aromatic heterocycles. The summed E-state index contributed by atoms with van der Waals surface area (Å²) >= 11 is 4.93. The Morgan fingerprint density at radius 2 is 1.14 bits per heavy atom. The number of aliphatic hydroxyl groups excluding tert-OH is 2. The zero-order valence-electron chi connectivity index (χ0n) is 20.1. The Morgan fingerprint density at radius 3 is 1.57 bits per heavy atom. The van der Waals surface area contributed by atoms with Crippen LogP contribution in [0.3, 0.4) is 0 Å². The standard InChI is InChI=1S/C13H16O4.C8H10O.C5H7ClO3/c1-17-13(16)7-6-12(15)11-4-2-10(3-5-11)8-9-14;9-7-6-8-4-2-1-3-5-8;1-9-5(8)3-2-4(6)7/h2-5,14H,6-9H2,1H3;1-5,9H,6-7H2;2-3H2,1H3. The number of carbonyl (C=O) groups excluding carboxylic acids is 4. The lowest BCUT2D eigenvalue weighted by Gasteiger charge is -2.02. The third-order valence-corrected chi connectivity index (χ3v) is 4.65. The quantitative estimate of drug-likeness (QED) is 0.269. The van der Waals surface area contributed by atoms with Gasteiger partial charge in [-0.15, -0.1) is 0 Å². The number of carbonyl (C=O) groups is 4. The van der Waals surface area contributed by atoms with Gasteiger partial charge in [0.1, 0.15) is 0 Å². The summed E-state index contributed by atoms with van der Waals surface area (Å²) in [4.78, 5) is 42.9. The fraction of sp³-hybridized carbons (Fsp3) is 0.385. The highest BCUT2D eigenvalue weighted by Crippen LogP contribution is 2.09. The predicted molar refractivity (Wildman–Crippen MR) is 132 cm³/mol. The van der Waals surface area contributed by atoms with Gasteiger partial charge in [0, 0.05) is 31.6 Å². The molecular weight excluding hydrogens is 476 g/mol. The van der Waals surface area contributed by atoms with E-state index in [9.17, 15) is 19.2 Å². The predicted octanol–water partition coefficient (Wildman–Crippen LogP) is 3.28. The van der Waals surface area contributed by atoms with Gasteiger partial charge in [-0.2, -0.15) is 0 Å². The molecule has 0 atom stereocenters. The van der Waals surface area contributed by atoms with Gasteiger partial charge in [0.15, 0.2) is 5.78 Å². The van der Waals surface area contributed by atoms with Gasteiger partial charge in [0.25, 0.3) is 0 Å². The lowest BCUT2D eigenvalue weighted by atomic mass is 10.0. The van der Waals surface area contributed by atoms with Crippen molar-refractivity contribution in [1.82, 2.24) is 0 Å². The van der Waals surface area contributed by atoms with Crippen molar-refractivity contribution < 1.29 is 38.9 Å². The lowest BCUT2D eigenvalue weighted by molar-refractivity contribution is -0.141. The van der Waals surface area contributed by atoms with Crippen molar-refractivity contribution >= 4 is 34.6 Å². The van der Waals surface area contributed by atoms with Gasteiger partial charge < -0.3 is 19.7 Å². The van der Waals surface area contributed by atoms with Gasteiger partial charge in [-0.25, -0.2) is 0 Å². The van der Waals surface area contributed by atoms with Crippen molar-refractivity contribution in [1.29, 1.82) is 0 Å². The van der Waals surface area contributed by atoms with Gasteiger partial charge in [0.2, 0.25) is 5.24 Å². The molecule has 0 spiro atoms. The second kappa shape index (κ2) is 20.3. The van der Waals surface area contributed by atoms with Crippen molar-refractivity contribution in [3.8, 4) is 0 Å². The van der Waals surface area contributed by atoms with Crippen molar-refractivity contribution in [2.45, 2.75) is 38.5 Å². The number of ketones is 1. The molecule has 9 heteroatoms. The number of Topliss-reactive ketones (excluding diaryl/α,β-unsaturated/α-hetero) is 1. The van der Waals surface area contributed by atoms with Crippen molar-refractivity contribution in [2.24, 2.45) is 0 Å². The molecule has 0 fully saturated rings. The summed E-state index contributed by atoms with van der Waals surface area (Å²) in [6, 6.07) is 17.0. The summed E-state index contributed by atoms with van der Waals surface area (Å²) in [5.74, 6) is -0.870. The fourth-order valence-corrected chi connectivity index (χ4v) is 2.62. The van der Waals surface area contributed by atoms with E-state index >= 15 is 0 Å². The minimum absolute atomic E-state index is 0.0498. The first-order valence-corrected chi connectivity index (χ1v) is 11.3. The van der Waals surface area contributed by atoms with Crippen molar-refractivity contribution in [2.75, 3.05) is 27.4 Å². The molecule has 2 rings (SSSR count). The van der Waals surface area contributed by atoms with Crippen LogP contribution in [0.15, 0.2) is 54.6 Å². The summed E-state index contributed by atoms with van der Waals surface area (Å²) in [6.07, 6.45) is 1.73. The van der Waals surface area contributed by atoms with Gasteiger partial charge in [0.05, 0.1) is 27.1 Å². The van der Waals surface area contributed by atoms with Gasteiger partial charge in [-0.1, -0.05) is 54.6 Å². The first-order chi connectivity index (χ1) is 16.8. The second-order valence-corrected chi connectivity index (χ2v) is 7.48. The number of aliphatic hydroxyl groups is 2. The molecule has 2 aromatic carbocycles. The molecule has 0 unspecified atom stereocenters. The van der Waals surface area contributed by atoms with Crippen LogP contribution in [0, 0.1) is 0 Å². The summed E-state index contributed by atoms with van der Waals surface area (Å²) in [7, 11) is 2.57. The average Bonchev–Trinajstić information content (AvgIpc) is 2.87. The molecule has 0 aliphatic heterocycles. The number of methoxy groups -OCH3 is 2. The summed E-state index contributed by atoms with van der Waals surface area (Å²) in [6.45, 7) is 0.333. The summed E-state index contributed by atoms with van der Waals surface area (Å²) in [5, 5.41) is 16.8. The Kier molecular flexibility index (Phi) is 18.5. The molecular formula is C26H33ClO8. The maximum atomic E-state index is 11.7. The molecule has 8 nitrogen and oxygen atoms in total. The number of ether oxygens (including phenoxy) is 2. The number of esters is 2. The molecule has 0 aliphatic carbocycles. The second-order valence-electron chi connectivity index (χ2n) is 7.06. The van der Waals surface area contributed by atoms with E-state index < -0.39 is 11.2 Å². The van der Waals surface area contributed by atoms with Crippen LogP contribution in [-0.2, 0) is 36.7 Å². The molecule has 0 bridgehead atoms. The Bertz CT molecular complexity index is 882. The first kappa shape index (κ1) is 31.9. The molecule has 0 aliphatic rings. The van der Waals surface area contributed by atoms with E-state index in [2.05, 4.69) is 9.47 Å². The zero-order valence-corrected chi connectivity index (χ0v) is 20.8. The van der Waals surface area contributed by atoms with Crippen LogP contribution in [0.2, 0.25) is 0 Å². The SMILES string of the molecule is COC(=O)CCC(=O)Cl.COC(=O)CCC(=O)c1ccc(CCO)cc1.OCCc1ccccc1. The highest BCUT2D eigenvalue weighted by atomic mass is 35.5. The van der Waals surface area contributed by atoms with Crippen molar-refractivity contribution in [3.05, 3.63) is 71.3 Å². The molecule has 192 valence electrons. The monoisotopic (exact) mass is 508 g/mol. The number of rotatable bonds is 11. The Morgan fingerprint density at radius 1 is 0.686 bits per heavy atom. The van der Waals surface area contributed by atoms with Crippen LogP contribution >= 0.6 is 11.6 Å². The topological polar surface area (TPSA) is 127 Å². The third-order valence-electron chi connectivity index (χ3n) is 4.46. The van der Waals surface area contributed by atoms with Gasteiger partial charge >= 0.3 is 11.9 Å². The van der Waals surface area contributed by atoms with Crippen LogP contribution in [-0.4, -0.2) is 60.6 Å². The Balaban J connectivity index is 0.000000543. The van der Waals surface area contributed by atoms with Crippen LogP contribution in [0.5, 0.6) is 0 Å². The first-order valence-electron chi connectivity index (χ1n) is 11.0. The number of halogens is 1. The maximum Gasteiger partial charge on any atom is 0.305 e. The molecule has 2 N–H and O–H groups in total. The molecule has 0 amide bonds. The van der Waals surface area contributed by atoms with E-state index in [0.29, 0.717) is 12.0 Å². The molecule has 0 saturated heterocycles. The largest absolute Gasteiger partial charge is 0.469 e. The minimum atomic E-state index is -0.514. The maximum absolute atomic E-state index is 11.7. The van der Waals surface area contributed by atoms with E-state index in [0.717, 1.165) is 12.0 Å². The highest BCUT2D eigenvalue weighted by molar-refractivity contribution is 6.63. The zero-order chi connectivity index (χ0) is 26.5. The molecule has 0 radical (unpaired) electrons. The number of hydrogen-bond donors (Lipinski definition) is 2. The fourth-order valence-electron chi connectivity index (χ4n) is 2.52. The summed E-state index contributed by atoms with van der Waals surface area (Å²) < 4.78 is 8.72. The average molecular weight is 509 g/mol. The Hall–Kier alpha value is -3.07. The lowest BCUT2D eigenvalue weighted by Crippen LogP contribution is -2.06. The van der Waals surface area contributed by atoms with E-state index in [1.54, 1.807) is 12.1 Å². The van der Waals surface area contributed by atoms with Crippen LogP contribution in [0.25, 0.3) is 0 Å². The third kappa shape index (κ3) is 17.1. The van der Waals surface area contributed by atoms with Crippen molar-refractivity contribution in [3.63, 3.8) is 0 Å². The highest BCUT2D eigenvalue weighted by Gasteiger charge is 2.09. The molecule has 0 saturated carbocycles. The van der Waals surface area contributed by atoms with E-state index in [1.165, 1.54) is 19.8 Å². The number of benzene rings is 2. The molecule has 0 heterocycles. The van der Waals surface area contributed by atoms with E-state index in [1.807, 2.05) is 42.5 Å². The summed E-state index contributed by atoms with van der Waals surface area (Å²) in [5.41, 5.74) is 2.76. The van der Waals surface area contributed by atoms with Gasteiger partial charge in [-0.3, -0.25) is 19.2 Å². The van der Waals surface area contributed by atoms with Gasteiger partial charge in [-0.05, 0) is 35.6 Å². The van der Waals surface area contributed by atoms with E-state index in [4.69, 9.17) is 21.8 Å². The van der Waals surface area contributed by atoms with Crippen LogP contribution in [0.4, 0.5) is 0 Å².